The highest BCUT2D eigenvalue weighted by molar-refractivity contribution is 5.69. The zero-order valence-corrected chi connectivity index (χ0v) is 20.3. The first-order chi connectivity index (χ1) is 17.0. The number of halogens is 3. The van der Waals surface area contributed by atoms with Crippen LogP contribution >= 0.6 is 0 Å². The Kier molecular flexibility index (Phi) is 7.21. The highest BCUT2D eigenvalue weighted by Crippen LogP contribution is 2.32. The summed E-state index contributed by atoms with van der Waals surface area (Å²) >= 11 is 0. The highest BCUT2D eigenvalue weighted by atomic mass is 19.1. The number of nitrogens with two attached hydrogens (primary N) is 1. The van der Waals surface area contributed by atoms with Crippen molar-refractivity contribution in [2.45, 2.75) is 45.1 Å². The number of nitrogens with one attached hydrogen (secondary N) is 1. The molecule has 0 bridgehead atoms. The van der Waals surface area contributed by atoms with E-state index < -0.39 is 46.5 Å². The van der Waals surface area contributed by atoms with Crippen molar-refractivity contribution in [2.75, 3.05) is 23.3 Å². The van der Waals surface area contributed by atoms with Gasteiger partial charge in [-0.1, -0.05) is 6.92 Å². The van der Waals surface area contributed by atoms with E-state index in [4.69, 9.17) is 5.73 Å². The van der Waals surface area contributed by atoms with Crippen molar-refractivity contribution in [1.82, 2.24) is 9.97 Å². The average Bonchev–Trinajstić information content (AvgIpc) is 2.81. The summed E-state index contributed by atoms with van der Waals surface area (Å²) in [4.78, 5) is 10.4. The Morgan fingerprint density at radius 2 is 1.81 bits per heavy atom. The minimum Gasteiger partial charge on any atom is -0.391 e. The Bertz CT molecular complexity index is 1220. The van der Waals surface area contributed by atoms with Crippen LogP contribution in [0.15, 0.2) is 42.7 Å². The second-order valence-corrected chi connectivity index (χ2v) is 9.79. The molecule has 1 aliphatic rings. The van der Waals surface area contributed by atoms with Gasteiger partial charge in [-0.3, -0.25) is 4.98 Å². The summed E-state index contributed by atoms with van der Waals surface area (Å²) in [6.45, 7) is 5.93. The van der Waals surface area contributed by atoms with Crippen molar-refractivity contribution in [1.29, 1.82) is 0 Å². The van der Waals surface area contributed by atoms with Gasteiger partial charge in [0, 0.05) is 31.2 Å². The van der Waals surface area contributed by atoms with Crippen LogP contribution in [-0.2, 0) is 12.1 Å². The molecule has 3 aromatic rings. The van der Waals surface area contributed by atoms with Crippen LogP contribution in [0, 0.1) is 23.4 Å². The molecule has 1 fully saturated rings. The minimum atomic E-state index is -1.46. The lowest BCUT2D eigenvalue weighted by Crippen LogP contribution is -2.55. The molecule has 0 aliphatic carbocycles. The smallest absolute Gasteiger partial charge is 0.149 e. The molecule has 1 aliphatic heterocycles. The molecule has 5 N–H and O–H groups in total. The summed E-state index contributed by atoms with van der Waals surface area (Å²) in [6.07, 6.45) is 2.70. The van der Waals surface area contributed by atoms with Gasteiger partial charge in [-0.15, -0.1) is 0 Å². The maximum Gasteiger partial charge on any atom is 0.149 e. The quantitative estimate of drug-likeness (QED) is 0.409. The first-order valence-corrected chi connectivity index (χ1v) is 11.7. The zero-order chi connectivity index (χ0) is 26.2. The number of anilines is 2. The first kappa shape index (κ1) is 25.9. The van der Waals surface area contributed by atoms with Gasteiger partial charge < -0.3 is 26.2 Å². The lowest BCUT2D eigenvalue weighted by Gasteiger charge is -2.40. The third-order valence-electron chi connectivity index (χ3n) is 6.45. The number of hydrogen-bond donors (Lipinski definition) is 4. The summed E-state index contributed by atoms with van der Waals surface area (Å²) in [6, 6.07) is 5.93. The van der Waals surface area contributed by atoms with Crippen LogP contribution in [0.2, 0.25) is 0 Å². The molecule has 10 heteroatoms. The summed E-state index contributed by atoms with van der Waals surface area (Å²) < 4.78 is 44.3. The van der Waals surface area contributed by atoms with Gasteiger partial charge in [0.05, 0.1) is 47.1 Å². The molecule has 0 saturated carbocycles. The van der Waals surface area contributed by atoms with Crippen molar-refractivity contribution < 1.29 is 23.4 Å². The van der Waals surface area contributed by atoms with E-state index in [1.54, 1.807) is 12.4 Å². The number of nitrogens with zero attached hydrogens (tertiary/aromatic N) is 3. The van der Waals surface area contributed by atoms with Crippen LogP contribution < -0.4 is 16.0 Å². The maximum atomic E-state index is 14.8. The van der Waals surface area contributed by atoms with Crippen LogP contribution in [0.5, 0.6) is 0 Å². The number of aromatic nitrogens is 2. The van der Waals surface area contributed by atoms with E-state index >= 15 is 0 Å². The topological polar surface area (TPSA) is 108 Å². The molecule has 192 valence electrons. The van der Waals surface area contributed by atoms with E-state index in [0.29, 0.717) is 24.5 Å². The average molecular weight is 502 g/mol. The van der Waals surface area contributed by atoms with Gasteiger partial charge >= 0.3 is 0 Å². The molecule has 0 spiro atoms. The molecule has 7 nitrogen and oxygen atoms in total. The summed E-state index contributed by atoms with van der Waals surface area (Å²) in [7, 11) is 0. The molecular formula is C26H30F3N5O2. The number of aliphatic hydroxyl groups is 2. The number of piperidine rings is 1. The first-order valence-electron chi connectivity index (χ1n) is 11.7. The Hall–Kier alpha value is -3.21. The van der Waals surface area contributed by atoms with E-state index in [2.05, 4.69) is 20.2 Å². The molecule has 0 amide bonds. The van der Waals surface area contributed by atoms with E-state index in [1.807, 2.05) is 13.0 Å². The van der Waals surface area contributed by atoms with Crippen LogP contribution in [0.1, 0.15) is 32.0 Å². The van der Waals surface area contributed by atoms with Gasteiger partial charge in [-0.25, -0.2) is 18.2 Å². The third-order valence-corrected chi connectivity index (χ3v) is 6.45. The molecular weight excluding hydrogens is 471 g/mol. The second kappa shape index (κ2) is 10.0. The van der Waals surface area contributed by atoms with Gasteiger partial charge in [-0.2, -0.15) is 0 Å². The van der Waals surface area contributed by atoms with Gasteiger partial charge in [0.25, 0.3) is 0 Å². The van der Waals surface area contributed by atoms with E-state index in [-0.39, 0.29) is 18.0 Å². The molecule has 3 heterocycles. The monoisotopic (exact) mass is 501 g/mol. The standard InChI is InChI=1S/C26H30F3N5O2/c1-14-12-34(13-20(30)25(14)35)22-6-7-31-11-21(22)32-10-16-4-5-17(27)24(33-16)23-18(28)8-15(9-19(23)29)26(2,3)36/h4-9,11,14,20,25,32,35-36H,10,12-13,30H2,1-3H3. The lowest BCUT2D eigenvalue weighted by atomic mass is 9.92. The van der Waals surface area contributed by atoms with E-state index in [9.17, 15) is 23.4 Å². The Morgan fingerprint density at radius 3 is 2.44 bits per heavy atom. The molecule has 3 atom stereocenters. The predicted octanol–water partition coefficient (Wildman–Crippen LogP) is 3.54. The lowest BCUT2D eigenvalue weighted by molar-refractivity contribution is 0.0778. The molecule has 36 heavy (non-hydrogen) atoms. The molecule has 1 aromatic carbocycles. The minimum absolute atomic E-state index is 0.0244. The van der Waals surface area contributed by atoms with Gasteiger partial charge in [0.15, 0.2) is 0 Å². The van der Waals surface area contributed by atoms with Crippen molar-refractivity contribution in [3.8, 4) is 11.3 Å². The van der Waals surface area contributed by atoms with Crippen LogP contribution in [0.4, 0.5) is 24.5 Å². The molecule has 2 aromatic heterocycles. The van der Waals surface area contributed by atoms with Crippen molar-refractivity contribution >= 4 is 11.4 Å². The summed E-state index contributed by atoms with van der Waals surface area (Å²) in [5, 5.41) is 23.5. The van der Waals surface area contributed by atoms with E-state index in [0.717, 1.165) is 23.9 Å². The maximum absolute atomic E-state index is 14.8. The van der Waals surface area contributed by atoms with E-state index in [1.165, 1.54) is 19.9 Å². The highest BCUT2D eigenvalue weighted by Gasteiger charge is 2.31. The Morgan fingerprint density at radius 1 is 1.11 bits per heavy atom. The summed E-state index contributed by atoms with van der Waals surface area (Å²) in [5.74, 6) is -2.93. The normalized spacial score (nSPS) is 20.5. The van der Waals surface area contributed by atoms with Crippen LogP contribution in [-0.4, -0.2) is 45.4 Å². The molecule has 4 rings (SSSR count). The fourth-order valence-corrected chi connectivity index (χ4v) is 4.41. The molecule has 1 saturated heterocycles. The molecule has 0 radical (unpaired) electrons. The number of benzene rings is 1. The Balaban J connectivity index is 1.59. The summed E-state index contributed by atoms with van der Waals surface area (Å²) in [5.41, 5.74) is 5.48. The number of hydrogen-bond acceptors (Lipinski definition) is 7. The van der Waals surface area contributed by atoms with Gasteiger partial charge in [0.1, 0.15) is 23.1 Å². The van der Waals surface area contributed by atoms with Gasteiger partial charge in [-0.05, 0) is 49.7 Å². The van der Waals surface area contributed by atoms with Crippen LogP contribution in [0.25, 0.3) is 11.3 Å². The largest absolute Gasteiger partial charge is 0.391 e. The number of rotatable bonds is 6. The van der Waals surface area contributed by atoms with Crippen molar-refractivity contribution in [2.24, 2.45) is 11.7 Å². The number of pyridine rings is 2. The predicted molar refractivity (Wildman–Crippen MR) is 132 cm³/mol. The fourth-order valence-electron chi connectivity index (χ4n) is 4.41. The Labute approximate surface area is 207 Å². The fraction of sp³-hybridized carbons (Fsp3) is 0.385. The third kappa shape index (κ3) is 5.30. The van der Waals surface area contributed by atoms with Crippen molar-refractivity contribution in [3.05, 3.63) is 71.4 Å². The SMILES string of the molecule is CC1CN(c2ccncc2NCc2ccc(F)c(-c3c(F)cc(C(C)(C)O)cc3F)n2)CC(N)C1O. The molecule has 3 unspecified atom stereocenters. The van der Waals surface area contributed by atoms with Crippen molar-refractivity contribution in [3.63, 3.8) is 0 Å². The second-order valence-electron chi connectivity index (χ2n) is 9.79. The van der Waals surface area contributed by atoms with Crippen LogP contribution in [0.3, 0.4) is 0 Å². The number of aliphatic hydroxyl groups excluding tert-OH is 1. The zero-order valence-electron chi connectivity index (χ0n) is 20.3. The van der Waals surface area contributed by atoms with Gasteiger partial charge in [0.2, 0.25) is 0 Å².